The second kappa shape index (κ2) is 6.47. The number of Topliss-reactive ketones (excluding diaryl/α,β-unsaturated/α-hetero) is 1. The van der Waals surface area contributed by atoms with Crippen molar-refractivity contribution in [1.82, 2.24) is 4.90 Å². The summed E-state index contributed by atoms with van der Waals surface area (Å²) in [7, 11) is 1.69. The van der Waals surface area contributed by atoms with Gasteiger partial charge in [-0.15, -0.1) is 0 Å². The van der Waals surface area contributed by atoms with Gasteiger partial charge in [-0.25, -0.2) is 0 Å². The van der Waals surface area contributed by atoms with Crippen molar-refractivity contribution in [3.8, 4) is 0 Å². The number of nitrogens with zero attached hydrogens (tertiary/aromatic N) is 1. The van der Waals surface area contributed by atoms with Crippen LogP contribution in [-0.4, -0.2) is 56.2 Å². The molecule has 0 saturated carbocycles. The maximum Gasteiger partial charge on any atom is 0.136 e. The zero-order valence-electron chi connectivity index (χ0n) is 10.7. The van der Waals surface area contributed by atoms with Gasteiger partial charge in [-0.1, -0.05) is 0 Å². The molecule has 98 valence electrons. The van der Waals surface area contributed by atoms with Crippen molar-refractivity contribution < 1.29 is 14.3 Å². The number of ketones is 1. The van der Waals surface area contributed by atoms with Crippen LogP contribution in [0, 0.1) is 0 Å². The van der Waals surface area contributed by atoms with Crippen LogP contribution in [-0.2, 0) is 14.3 Å². The molecular formula is C13H23NO3. The van der Waals surface area contributed by atoms with E-state index in [4.69, 9.17) is 9.47 Å². The van der Waals surface area contributed by atoms with Crippen molar-refractivity contribution in [2.45, 2.75) is 44.2 Å². The molecule has 0 amide bonds. The Morgan fingerprint density at radius 1 is 1.18 bits per heavy atom. The van der Waals surface area contributed by atoms with Crippen LogP contribution in [0.4, 0.5) is 0 Å². The summed E-state index contributed by atoms with van der Waals surface area (Å²) < 4.78 is 10.4. The number of hydrogen-bond acceptors (Lipinski definition) is 4. The third-order valence-corrected chi connectivity index (χ3v) is 3.83. The lowest BCUT2D eigenvalue weighted by Gasteiger charge is -2.33. The molecule has 2 heterocycles. The van der Waals surface area contributed by atoms with Crippen molar-refractivity contribution in [2.24, 2.45) is 0 Å². The summed E-state index contributed by atoms with van der Waals surface area (Å²) in [5.41, 5.74) is 0. The summed E-state index contributed by atoms with van der Waals surface area (Å²) >= 11 is 0. The molecule has 2 aliphatic rings. The number of methoxy groups -OCH3 is 1. The van der Waals surface area contributed by atoms with E-state index in [1.165, 1.54) is 12.8 Å². The lowest BCUT2D eigenvalue weighted by Crippen LogP contribution is -2.43. The van der Waals surface area contributed by atoms with E-state index in [-0.39, 0.29) is 0 Å². The van der Waals surface area contributed by atoms with Gasteiger partial charge in [-0.3, -0.25) is 9.69 Å². The van der Waals surface area contributed by atoms with Gasteiger partial charge in [0, 0.05) is 45.2 Å². The smallest absolute Gasteiger partial charge is 0.136 e. The monoisotopic (exact) mass is 241 g/mol. The molecule has 0 spiro atoms. The standard InChI is InChI=1S/C13H23NO3/c1-16-7-8-17-6-2-5-14-11-3-4-12(14)10-13(15)9-11/h11-12H,2-10H2,1H3. The first kappa shape index (κ1) is 13.0. The summed E-state index contributed by atoms with van der Waals surface area (Å²) in [6, 6.07) is 1.06. The maximum absolute atomic E-state index is 11.5. The van der Waals surface area contributed by atoms with E-state index in [0.717, 1.165) is 32.4 Å². The van der Waals surface area contributed by atoms with E-state index in [0.29, 0.717) is 31.1 Å². The van der Waals surface area contributed by atoms with E-state index < -0.39 is 0 Å². The van der Waals surface area contributed by atoms with Gasteiger partial charge in [-0.05, 0) is 19.3 Å². The molecule has 4 nitrogen and oxygen atoms in total. The largest absolute Gasteiger partial charge is 0.382 e. The van der Waals surface area contributed by atoms with Gasteiger partial charge in [0.25, 0.3) is 0 Å². The molecule has 2 saturated heterocycles. The molecule has 0 N–H and O–H groups in total. The molecule has 0 aromatic rings. The third kappa shape index (κ3) is 3.50. The van der Waals surface area contributed by atoms with Crippen LogP contribution >= 0.6 is 0 Å². The van der Waals surface area contributed by atoms with Crippen molar-refractivity contribution >= 4 is 5.78 Å². The number of hydrogen-bond donors (Lipinski definition) is 0. The van der Waals surface area contributed by atoms with E-state index in [1.807, 2.05) is 0 Å². The molecule has 17 heavy (non-hydrogen) atoms. The minimum absolute atomic E-state index is 0.463. The molecule has 0 radical (unpaired) electrons. The van der Waals surface area contributed by atoms with Gasteiger partial charge < -0.3 is 9.47 Å². The van der Waals surface area contributed by atoms with Crippen LogP contribution in [0.5, 0.6) is 0 Å². The van der Waals surface area contributed by atoms with Gasteiger partial charge in [0.1, 0.15) is 5.78 Å². The van der Waals surface area contributed by atoms with E-state index in [9.17, 15) is 4.79 Å². The lowest BCUT2D eigenvalue weighted by molar-refractivity contribution is -0.123. The summed E-state index contributed by atoms with van der Waals surface area (Å²) in [6.45, 7) is 3.23. The molecule has 0 aromatic heterocycles. The van der Waals surface area contributed by atoms with Gasteiger partial charge in [0.2, 0.25) is 0 Å². The first-order chi connectivity index (χ1) is 8.31. The van der Waals surface area contributed by atoms with Crippen molar-refractivity contribution in [3.63, 3.8) is 0 Å². The van der Waals surface area contributed by atoms with Crippen LogP contribution in [0.2, 0.25) is 0 Å². The van der Waals surface area contributed by atoms with Crippen LogP contribution in [0.15, 0.2) is 0 Å². The Bertz CT molecular complexity index is 241. The SMILES string of the molecule is COCCOCCCN1C2CCC1CC(=O)C2. The number of ether oxygens (including phenoxy) is 2. The van der Waals surface area contributed by atoms with E-state index in [1.54, 1.807) is 7.11 Å². The quantitative estimate of drug-likeness (QED) is 0.629. The first-order valence-corrected chi connectivity index (χ1v) is 6.65. The van der Waals surface area contributed by atoms with Crippen LogP contribution in [0.3, 0.4) is 0 Å². The molecule has 2 bridgehead atoms. The molecule has 0 aromatic carbocycles. The van der Waals surface area contributed by atoms with Gasteiger partial charge in [0.05, 0.1) is 13.2 Å². The Hall–Kier alpha value is -0.450. The first-order valence-electron chi connectivity index (χ1n) is 6.65. The minimum Gasteiger partial charge on any atom is -0.382 e. The number of rotatable bonds is 7. The Morgan fingerprint density at radius 2 is 1.88 bits per heavy atom. The molecule has 4 heteroatoms. The fourth-order valence-electron chi connectivity index (χ4n) is 3.02. The number of fused-ring (bicyclic) bond motifs is 2. The molecule has 2 unspecified atom stereocenters. The molecule has 2 atom stereocenters. The fraction of sp³-hybridized carbons (Fsp3) is 0.923. The summed E-state index contributed by atoms with van der Waals surface area (Å²) in [5, 5.41) is 0. The van der Waals surface area contributed by atoms with Gasteiger partial charge >= 0.3 is 0 Å². The Balaban J connectivity index is 1.62. The molecule has 2 aliphatic heterocycles. The van der Waals surface area contributed by atoms with Gasteiger partial charge in [-0.2, -0.15) is 0 Å². The third-order valence-electron chi connectivity index (χ3n) is 3.83. The normalized spacial score (nSPS) is 28.9. The average molecular weight is 241 g/mol. The zero-order valence-corrected chi connectivity index (χ0v) is 10.7. The number of carbonyl (C=O) groups excluding carboxylic acids is 1. The number of carbonyl (C=O) groups is 1. The molecule has 2 rings (SSSR count). The molecule has 2 fully saturated rings. The summed E-state index contributed by atoms with van der Waals surface area (Å²) in [5.74, 6) is 0.463. The molecule has 0 aliphatic carbocycles. The topological polar surface area (TPSA) is 38.8 Å². The fourth-order valence-corrected chi connectivity index (χ4v) is 3.02. The van der Waals surface area contributed by atoms with E-state index >= 15 is 0 Å². The molecular weight excluding hydrogens is 218 g/mol. The summed E-state index contributed by atoms with van der Waals surface area (Å²) in [4.78, 5) is 14.0. The predicted octanol–water partition coefficient (Wildman–Crippen LogP) is 1.24. The second-order valence-corrected chi connectivity index (χ2v) is 5.03. The zero-order chi connectivity index (χ0) is 12.1. The Labute approximate surface area is 103 Å². The number of piperidine rings is 1. The van der Waals surface area contributed by atoms with Crippen LogP contribution in [0.25, 0.3) is 0 Å². The van der Waals surface area contributed by atoms with E-state index in [2.05, 4.69) is 4.90 Å². The lowest BCUT2D eigenvalue weighted by atomic mass is 10.0. The Kier molecular flexibility index (Phi) is 4.95. The van der Waals surface area contributed by atoms with Gasteiger partial charge in [0.15, 0.2) is 0 Å². The highest BCUT2D eigenvalue weighted by Gasteiger charge is 2.39. The highest BCUT2D eigenvalue weighted by molar-refractivity contribution is 5.80. The second-order valence-electron chi connectivity index (χ2n) is 5.03. The predicted molar refractivity (Wildman–Crippen MR) is 65.1 cm³/mol. The highest BCUT2D eigenvalue weighted by atomic mass is 16.5. The Morgan fingerprint density at radius 3 is 2.53 bits per heavy atom. The highest BCUT2D eigenvalue weighted by Crippen LogP contribution is 2.33. The van der Waals surface area contributed by atoms with Crippen molar-refractivity contribution in [1.29, 1.82) is 0 Å². The maximum atomic E-state index is 11.5. The minimum atomic E-state index is 0.463. The van der Waals surface area contributed by atoms with Crippen molar-refractivity contribution in [3.05, 3.63) is 0 Å². The van der Waals surface area contributed by atoms with Crippen LogP contribution < -0.4 is 0 Å². The van der Waals surface area contributed by atoms with Crippen LogP contribution in [0.1, 0.15) is 32.1 Å². The average Bonchev–Trinajstić information content (AvgIpc) is 2.56. The van der Waals surface area contributed by atoms with Crippen molar-refractivity contribution in [2.75, 3.05) is 33.5 Å². The summed E-state index contributed by atoms with van der Waals surface area (Å²) in [6.07, 6.45) is 5.04.